The third-order valence-electron chi connectivity index (χ3n) is 4.66. The van der Waals surface area contributed by atoms with Crippen molar-refractivity contribution in [1.82, 2.24) is 19.2 Å². The molecule has 0 saturated heterocycles. The van der Waals surface area contributed by atoms with Crippen molar-refractivity contribution < 1.29 is 4.79 Å². The molecule has 1 aromatic carbocycles. The molecule has 0 radical (unpaired) electrons. The number of pyridine rings is 1. The monoisotopic (exact) mass is 387 g/mol. The van der Waals surface area contributed by atoms with E-state index in [9.17, 15) is 9.59 Å². The smallest absolute Gasteiger partial charge is 0.277 e. The molecule has 0 spiro atoms. The SMILES string of the molecule is CCCn1nc(C(=O)Nc2c(-c3ccccc3)nc3c(C)cccn23)ccc1=O. The van der Waals surface area contributed by atoms with Crippen LogP contribution in [0.4, 0.5) is 5.82 Å². The maximum atomic E-state index is 13.0. The van der Waals surface area contributed by atoms with Crippen molar-refractivity contribution in [2.24, 2.45) is 0 Å². The Morgan fingerprint density at radius 3 is 2.62 bits per heavy atom. The molecule has 0 fully saturated rings. The Bertz CT molecular complexity index is 1240. The summed E-state index contributed by atoms with van der Waals surface area (Å²) in [6.45, 7) is 4.39. The fourth-order valence-electron chi connectivity index (χ4n) is 3.23. The van der Waals surface area contributed by atoms with Gasteiger partial charge in [0.1, 0.15) is 22.9 Å². The Hall–Kier alpha value is -3.74. The maximum Gasteiger partial charge on any atom is 0.277 e. The van der Waals surface area contributed by atoms with E-state index < -0.39 is 5.91 Å². The van der Waals surface area contributed by atoms with Crippen LogP contribution < -0.4 is 10.9 Å². The number of fused-ring (bicyclic) bond motifs is 1. The molecule has 0 atom stereocenters. The number of nitrogens with one attached hydrogen (secondary N) is 1. The summed E-state index contributed by atoms with van der Waals surface area (Å²) in [4.78, 5) is 29.6. The first-order valence-electron chi connectivity index (χ1n) is 9.51. The quantitative estimate of drug-likeness (QED) is 0.568. The van der Waals surface area contributed by atoms with E-state index in [0.717, 1.165) is 23.2 Å². The Balaban J connectivity index is 1.80. The highest BCUT2D eigenvalue weighted by molar-refractivity contribution is 6.04. The molecule has 0 aliphatic heterocycles. The number of carbonyl (C=O) groups is 1. The number of aryl methyl sites for hydroxylation is 2. The first kappa shape index (κ1) is 18.6. The van der Waals surface area contributed by atoms with Crippen molar-refractivity contribution in [1.29, 1.82) is 0 Å². The molecule has 3 heterocycles. The fourth-order valence-corrected chi connectivity index (χ4v) is 3.23. The van der Waals surface area contributed by atoms with Crippen molar-refractivity contribution in [3.63, 3.8) is 0 Å². The van der Waals surface area contributed by atoms with Crippen LogP contribution in [0.15, 0.2) is 65.6 Å². The number of imidazole rings is 1. The van der Waals surface area contributed by atoms with E-state index >= 15 is 0 Å². The average Bonchev–Trinajstić information content (AvgIpc) is 3.10. The minimum Gasteiger partial charge on any atom is -0.304 e. The molecule has 7 heteroatoms. The summed E-state index contributed by atoms with van der Waals surface area (Å²) < 4.78 is 3.17. The molecule has 0 bridgehead atoms. The van der Waals surface area contributed by atoms with Gasteiger partial charge in [-0.1, -0.05) is 43.3 Å². The summed E-state index contributed by atoms with van der Waals surface area (Å²) in [5, 5.41) is 7.15. The normalized spacial score (nSPS) is 11.0. The maximum absolute atomic E-state index is 13.0. The van der Waals surface area contributed by atoms with Crippen LogP contribution in [0.3, 0.4) is 0 Å². The van der Waals surface area contributed by atoms with Gasteiger partial charge in [0.25, 0.3) is 11.5 Å². The minimum absolute atomic E-state index is 0.180. The number of aromatic nitrogens is 4. The average molecular weight is 387 g/mol. The van der Waals surface area contributed by atoms with E-state index in [1.165, 1.54) is 16.8 Å². The van der Waals surface area contributed by atoms with Gasteiger partial charge in [-0.2, -0.15) is 5.10 Å². The Morgan fingerprint density at radius 1 is 1.07 bits per heavy atom. The number of hydrogen-bond acceptors (Lipinski definition) is 4. The van der Waals surface area contributed by atoms with Gasteiger partial charge < -0.3 is 5.32 Å². The molecule has 1 amide bonds. The summed E-state index contributed by atoms with van der Waals surface area (Å²) in [6.07, 6.45) is 2.62. The highest BCUT2D eigenvalue weighted by Gasteiger charge is 2.19. The van der Waals surface area contributed by atoms with Crippen molar-refractivity contribution in [3.05, 3.63) is 82.4 Å². The molecule has 4 rings (SSSR count). The molecule has 0 aliphatic rings. The van der Waals surface area contributed by atoms with Crippen LogP contribution in [0.2, 0.25) is 0 Å². The number of hydrogen-bond donors (Lipinski definition) is 1. The third kappa shape index (κ3) is 3.54. The zero-order chi connectivity index (χ0) is 20.4. The standard InChI is InChI=1S/C22H21N5O2/c1-3-13-27-18(28)12-11-17(25-27)22(29)24-21-19(16-9-5-4-6-10-16)23-20-15(2)8-7-14-26(20)21/h4-12,14H,3,13H2,1-2H3,(H,24,29). The van der Waals surface area contributed by atoms with Crippen molar-refractivity contribution in [2.45, 2.75) is 26.8 Å². The number of nitrogens with zero attached hydrogens (tertiary/aromatic N) is 4. The van der Waals surface area contributed by atoms with Gasteiger partial charge in [0, 0.05) is 24.4 Å². The summed E-state index contributed by atoms with van der Waals surface area (Å²) in [6, 6.07) is 16.4. The minimum atomic E-state index is -0.393. The van der Waals surface area contributed by atoms with E-state index in [1.54, 1.807) is 0 Å². The van der Waals surface area contributed by atoms with E-state index in [0.29, 0.717) is 18.1 Å². The van der Waals surface area contributed by atoms with Crippen LogP contribution in [-0.2, 0) is 6.54 Å². The summed E-state index contributed by atoms with van der Waals surface area (Å²) in [7, 11) is 0. The Labute approximate surface area is 167 Å². The topological polar surface area (TPSA) is 81.3 Å². The van der Waals surface area contributed by atoms with Crippen LogP contribution in [-0.4, -0.2) is 25.1 Å². The molecule has 1 N–H and O–H groups in total. The number of benzene rings is 1. The number of anilines is 1. The van der Waals surface area contributed by atoms with E-state index in [4.69, 9.17) is 4.98 Å². The lowest BCUT2D eigenvalue weighted by molar-refractivity contribution is 0.101. The number of amides is 1. The van der Waals surface area contributed by atoms with Crippen molar-refractivity contribution in [3.8, 4) is 11.3 Å². The zero-order valence-electron chi connectivity index (χ0n) is 16.3. The largest absolute Gasteiger partial charge is 0.304 e. The van der Waals surface area contributed by atoms with Crippen LogP contribution in [0.25, 0.3) is 16.9 Å². The van der Waals surface area contributed by atoms with Gasteiger partial charge >= 0.3 is 0 Å². The number of rotatable bonds is 5. The molecule has 7 nitrogen and oxygen atoms in total. The highest BCUT2D eigenvalue weighted by atomic mass is 16.2. The van der Waals surface area contributed by atoms with Gasteiger partial charge in [0.2, 0.25) is 0 Å². The van der Waals surface area contributed by atoms with Crippen LogP contribution in [0.5, 0.6) is 0 Å². The van der Waals surface area contributed by atoms with Crippen LogP contribution >= 0.6 is 0 Å². The molecule has 4 aromatic rings. The van der Waals surface area contributed by atoms with Crippen molar-refractivity contribution in [2.75, 3.05) is 5.32 Å². The van der Waals surface area contributed by atoms with E-state index in [1.807, 2.05) is 66.9 Å². The zero-order valence-corrected chi connectivity index (χ0v) is 16.3. The second-order valence-electron chi connectivity index (χ2n) is 6.79. The van der Waals surface area contributed by atoms with Crippen LogP contribution in [0.1, 0.15) is 29.4 Å². The second kappa shape index (κ2) is 7.71. The summed E-state index contributed by atoms with van der Waals surface area (Å²) >= 11 is 0. The number of carbonyl (C=O) groups excluding carboxylic acids is 1. The molecule has 0 saturated carbocycles. The fraction of sp³-hybridized carbons (Fsp3) is 0.182. The molecule has 29 heavy (non-hydrogen) atoms. The Kier molecular flexibility index (Phi) is 4.95. The Morgan fingerprint density at radius 2 is 1.86 bits per heavy atom. The molecule has 0 unspecified atom stereocenters. The molecule has 0 aliphatic carbocycles. The molecular formula is C22H21N5O2. The lowest BCUT2D eigenvalue weighted by Crippen LogP contribution is -2.26. The second-order valence-corrected chi connectivity index (χ2v) is 6.79. The van der Waals surface area contributed by atoms with Crippen molar-refractivity contribution >= 4 is 17.4 Å². The molecular weight excluding hydrogens is 366 g/mol. The summed E-state index contributed by atoms with van der Waals surface area (Å²) in [5.41, 5.74) is 3.30. The first-order chi connectivity index (χ1) is 14.1. The van der Waals surface area contributed by atoms with Gasteiger partial charge in [-0.05, 0) is 31.0 Å². The summed E-state index contributed by atoms with van der Waals surface area (Å²) in [5.74, 6) is 0.172. The first-order valence-corrected chi connectivity index (χ1v) is 9.51. The lowest BCUT2D eigenvalue weighted by Gasteiger charge is -2.09. The van der Waals surface area contributed by atoms with E-state index in [2.05, 4.69) is 10.4 Å². The lowest BCUT2D eigenvalue weighted by atomic mass is 10.1. The van der Waals surface area contributed by atoms with Gasteiger partial charge in [-0.25, -0.2) is 9.67 Å². The predicted octanol–water partition coefficient (Wildman–Crippen LogP) is 3.53. The van der Waals surface area contributed by atoms with Gasteiger partial charge in [0.05, 0.1) is 0 Å². The third-order valence-corrected chi connectivity index (χ3v) is 4.66. The van der Waals surface area contributed by atoms with E-state index in [-0.39, 0.29) is 11.3 Å². The molecule has 146 valence electrons. The predicted molar refractivity (Wildman–Crippen MR) is 112 cm³/mol. The highest BCUT2D eigenvalue weighted by Crippen LogP contribution is 2.30. The van der Waals surface area contributed by atoms with Gasteiger partial charge in [-0.3, -0.25) is 14.0 Å². The van der Waals surface area contributed by atoms with Gasteiger partial charge in [0.15, 0.2) is 0 Å². The molecule has 3 aromatic heterocycles. The van der Waals surface area contributed by atoms with Crippen LogP contribution in [0, 0.1) is 6.92 Å². The van der Waals surface area contributed by atoms with Gasteiger partial charge in [-0.15, -0.1) is 0 Å².